The van der Waals surface area contributed by atoms with Gasteiger partial charge >= 0.3 is 0 Å². The number of halogens is 3. The molecule has 1 aliphatic rings. The van der Waals surface area contributed by atoms with Gasteiger partial charge in [0.25, 0.3) is 5.56 Å². The van der Waals surface area contributed by atoms with E-state index in [9.17, 15) is 14.3 Å². The van der Waals surface area contributed by atoms with Crippen LogP contribution in [0.5, 0.6) is 11.6 Å². The largest absolute Gasteiger partial charge is 0.437 e. The summed E-state index contributed by atoms with van der Waals surface area (Å²) in [6, 6.07) is 3.77. The van der Waals surface area contributed by atoms with E-state index in [1.54, 1.807) is 0 Å². The minimum absolute atomic E-state index is 0.0365. The molecule has 4 rings (SSSR count). The molecule has 2 N–H and O–H groups in total. The number of hydrogen-bond donors (Lipinski definition) is 2. The fourth-order valence-electron chi connectivity index (χ4n) is 3.06. The normalized spacial score (nSPS) is 13.3. The number of ether oxygens (including phenoxy) is 1. The van der Waals surface area contributed by atoms with Crippen LogP contribution in [0.2, 0.25) is 10.0 Å². The Bertz CT molecular complexity index is 1140. The molecule has 0 unspecified atom stereocenters. The Labute approximate surface area is 173 Å². The van der Waals surface area contributed by atoms with Crippen molar-refractivity contribution in [3.63, 3.8) is 0 Å². The smallest absolute Gasteiger partial charge is 0.285 e. The third-order valence-electron chi connectivity index (χ3n) is 4.43. The third kappa shape index (κ3) is 3.89. The zero-order chi connectivity index (χ0) is 20.5. The summed E-state index contributed by atoms with van der Waals surface area (Å²) in [5.41, 5.74) is 1.34. The molecule has 3 aromatic rings. The van der Waals surface area contributed by atoms with E-state index in [2.05, 4.69) is 20.2 Å². The van der Waals surface area contributed by atoms with Gasteiger partial charge in [0, 0.05) is 12.1 Å². The fraction of sp³-hybridized carbons (Fsp3) is 0.222. The van der Waals surface area contributed by atoms with Crippen LogP contribution in [0.25, 0.3) is 0 Å². The van der Waals surface area contributed by atoms with Gasteiger partial charge in [-0.1, -0.05) is 23.2 Å². The van der Waals surface area contributed by atoms with Crippen LogP contribution < -0.4 is 15.2 Å². The molecule has 0 aliphatic carbocycles. The van der Waals surface area contributed by atoms with Crippen molar-refractivity contribution in [2.24, 2.45) is 0 Å². The number of anilines is 1. The highest BCUT2D eigenvalue weighted by Crippen LogP contribution is 2.35. The lowest BCUT2D eigenvalue weighted by Crippen LogP contribution is -2.33. The van der Waals surface area contributed by atoms with Gasteiger partial charge in [0.1, 0.15) is 23.2 Å². The Morgan fingerprint density at radius 3 is 2.90 bits per heavy atom. The number of aromatic nitrogens is 4. The lowest BCUT2D eigenvalue weighted by Gasteiger charge is -2.30. The molecular weight excluding hydrogens is 424 g/mol. The SMILES string of the molecule is O=c1[nH]ncc(N2CCc3c(nc(CO)nc3Oc3ccc(F)cc3Cl)C2)c1Cl. The molecule has 8 nitrogen and oxygen atoms in total. The van der Waals surface area contributed by atoms with Crippen molar-refractivity contribution in [3.8, 4) is 11.6 Å². The van der Waals surface area contributed by atoms with Crippen molar-refractivity contribution in [1.82, 2.24) is 20.2 Å². The molecule has 1 aromatic carbocycles. The molecular formula is C18H14Cl2FN5O3. The minimum atomic E-state index is -0.484. The number of benzene rings is 1. The molecule has 0 saturated heterocycles. The van der Waals surface area contributed by atoms with Crippen LogP contribution in [0.4, 0.5) is 10.1 Å². The molecule has 2 aromatic heterocycles. The molecule has 11 heteroatoms. The van der Waals surface area contributed by atoms with Gasteiger partial charge in [-0.05, 0) is 24.6 Å². The molecule has 0 atom stereocenters. The minimum Gasteiger partial charge on any atom is -0.437 e. The Kier molecular flexibility index (Phi) is 5.35. The summed E-state index contributed by atoms with van der Waals surface area (Å²) in [7, 11) is 0. The Balaban J connectivity index is 1.70. The van der Waals surface area contributed by atoms with Gasteiger partial charge in [-0.3, -0.25) is 4.79 Å². The Morgan fingerprint density at radius 2 is 2.14 bits per heavy atom. The number of rotatable bonds is 4. The number of aromatic amines is 1. The van der Waals surface area contributed by atoms with Crippen LogP contribution in [0.3, 0.4) is 0 Å². The van der Waals surface area contributed by atoms with Crippen LogP contribution in [0.15, 0.2) is 29.2 Å². The predicted octanol–water partition coefficient (Wildman–Crippen LogP) is 2.85. The van der Waals surface area contributed by atoms with Gasteiger partial charge in [-0.25, -0.2) is 14.5 Å². The molecule has 0 spiro atoms. The summed E-state index contributed by atoms with van der Waals surface area (Å²) in [5, 5.41) is 15.7. The lowest BCUT2D eigenvalue weighted by atomic mass is 10.1. The molecule has 1 aliphatic heterocycles. The summed E-state index contributed by atoms with van der Waals surface area (Å²) in [6.45, 7) is 0.421. The summed E-state index contributed by atoms with van der Waals surface area (Å²) in [5.74, 6) is 0.153. The standard InChI is InChI=1S/C18H14Cl2FN5O3/c19-11-5-9(21)1-2-14(11)29-18-10-3-4-26(7-12(10)23-15(8-27)24-18)13-6-22-25-17(28)16(13)20/h1-2,5-6,27H,3-4,7-8H2,(H,25,28). The van der Waals surface area contributed by atoms with Gasteiger partial charge < -0.3 is 14.7 Å². The average Bonchev–Trinajstić information content (AvgIpc) is 2.71. The first-order chi connectivity index (χ1) is 14.0. The molecule has 3 heterocycles. The van der Waals surface area contributed by atoms with Crippen LogP contribution in [0.1, 0.15) is 17.1 Å². The molecule has 0 saturated carbocycles. The predicted molar refractivity (Wildman–Crippen MR) is 104 cm³/mol. The summed E-state index contributed by atoms with van der Waals surface area (Å²) >= 11 is 12.2. The highest BCUT2D eigenvalue weighted by molar-refractivity contribution is 6.33. The number of aliphatic hydroxyl groups excluding tert-OH is 1. The van der Waals surface area contributed by atoms with Crippen molar-refractivity contribution < 1.29 is 14.2 Å². The first kappa shape index (κ1) is 19.6. The topological polar surface area (TPSA) is 104 Å². The van der Waals surface area contributed by atoms with Gasteiger partial charge in [0.2, 0.25) is 5.88 Å². The number of H-pyrrole nitrogens is 1. The van der Waals surface area contributed by atoms with E-state index >= 15 is 0 Å². The highest BCUT2D eigenvalue weighted by atomic mass is 35.5. The number of aliphatic hydroxyl groups is 1. The van der Waals surface area contributed by atoms with E-state index in [0.717, 1.165) is 11.6 Å². The molecule has 0 radical (unpaired) electrons. The van der Waals surface area contributed by atoms with E-state index < -0.39 is 18.0 Å². The van der Waals surface area contributed by atoms with Crippen molar-refractivity contribution >= 4 is 28.9 Å². The maximum atomic E-state index is 13.3. The third-order valence-corrected chi connectivity index (χ3v) is 5.09. The first-order valence-corrected chi connectivity index (χ1v) is 9.32. The summed E-state index contributed by atoms with van der Waals surface area (Å²) < 4.78 is 19.1. The lowest BCUT2D eigenvalue weighted by molar-refractivity contribution is 0.268. The van der Waals surface area contributed by atoms with Crippen LogP contribution in [0, 0.1) is 5.82 Å². The molecule has 29 heavy (non-hydrogen) atoms. The second-order valence-corrected chi connectivity index (χ2v) is 7.06. The molecule has 0 amide bonds. The summed E-state index contributed by atoms with van der Waals surface area (Å²) in [6.07, 6.45) is 1.96. The molecule has 0 bridgehead atoms. The fourth-order valence-corrected chi connectivity index (χ4v) is 3.48. The maximum absolute atomic E-state index is 13.3. The quantitative estimate of drug-likeness (QED) is 0.646. The van der Waals surface area contributed by atoms with Crippen molar-refractivity contribution in [2.45, 2.75) is 19.6 Å². The zero-order valence-corrected chi connectivity index (χ0v) is 16.3. The Morgan fingerprint density at radius 1 is 1.31 bits per heavy atom. The van der Waals surface area contributed by atoms with E-state index in [4.69, 9.17) is 27.9 Å². The van der Waals surface area contributed by atoms with Crippen LogP contribution >= 0.6 is 23.2 Å². The molecule has 150 valence electrons. The first-order valence-electron chi connectivity index (χ1n) is 8.57. The van der Waals surface area contributed by atoms with E-state index in [1.807, 2.05) is 4.90 Å². The van der Waals surface area contributed by atoms with E-state index in [0.29, 0.717) is 30.9 Å². The van der Waals surface area contributed by atoms with Crippen LogP contribution in [-0.2, 0) is 19.6 Å². The monoisotopic (exact) mass is 437 g/mol. The van der Waals surface area contributed by atoms with E-state index in [1.165, 1.54) is 18.3 Å². The van der Waals surface area contributed by atoms with Crippen molar-refractivity contribution in [2.75, 3.05) is 11.4 Å². The van der Waals surface area contributed by atoms with Crippen LogP contribution in [-0.4, -0.2) is 31.8 Å². The van der Waals surface area contributed by atoms with Gasteiger partial charge in [0.05, 0.1) is 29.1 Å². The van der Waals surface area contributed by atoms with Crippen molar-refractivity contribution in [3.05, 3.63) is 67.7 Å². The number of nitrogens with one attached hydrogen (secondary N) is 1. The zero-order valence-electron chi connectivity index (χ0n) is 14.8. The second kappa shape index (κ2) is 7.94. The number of hydrogen-bond acceptors (Lipinski definition) is 7. The van der Waals surface area contributed by atoms with Crippen molar-refractivity contribution in [1.29, 1.82) is 0 Å². The number of nitrogens with zero attached hydrogens (tertiary/aromatic N) is 4. The second-order valence-electron chi connectivity index (χ2n) is 6.28. The molecule has 0 fully saturated rings. The maximum Gasteiger partial charge on any atom is 0.285 e. The Hall–Kier alpha value is -2.75. The summed E-state index contributed by atoms with van der Waals surface area (Å²) in [4.78, 5) is 22.2. The van der Waals surface area contributed by atoms with Gasteiger partial charge in [-0.15, -0.1) is 0 Å². The van der Waals surface area contributed by atoms with Gasteiger partial charge in [-0.2, -0.15) is 10.1 Å². The highest BCUT2D eigenvalue weighted by Gasteiger charge is 2.26. The van der Waals surface area contributed by atoms with Gasteiger partial charge in [0.15, 0.2) is 5.82 Å². The number of fused-ring (bicyclic) bond motifs is 1. The average molecular weight is 438 g/mol. The van der Waals surface area contributed by atoms with E-state index in [-0.39, 0.29) is 27.5 Å².